The molecule has 0 radical (unpaired) electrons. The third-order valence-electron chi connectivity index (χ3n) is 4.12. The molecule has 3 N–H and O–H groups in total. The lowest BCUT2D eigenvalue weighted by molar-refractivity contribution is -0.124. The van der Waals surface area contributed by atoms with E-state index in [0.717, 1.165) is 42.7 Å². The standard InChI is InChI=1S/C16H24N2O2/c1-3-20-14-10-12(2)6-7-13(14)18-15(19)16(11-17)8-4-5-9-16/h6-7,10H,3-5,8-9,11,17H2,1-2H3,(H,18,19). The summed E-state index contributed by atoms with van der Waals surface area (Å²) >= 11 is 0. The first-order chi connectivity index (χ1) is 9.61. The number of nitrogens with two attached hydrogens (primary N) is 1. The summed E-state index contributed by atoms with van der Waals surface area (Å²) in [6.45, 7) is 4.93. The molecule has 20 heavy (non-hydrogen) atoms. The SMILES string of the molecule is CCOc1cc(C)ccc1NC(=O)C1(CN)CCCC1. The minimum Gasteiger partial charge on any atom is -0.492 e. The highest BCUT2D eigenvalue weighted by Crippen LogP contribution is 2.39. The van der Waals surface area contributed by atoms with E-state index >= 15 is 0 Å². The van der Waals surface area contributed by atoms with Crippen LogP contribution < -0.4 is 15.8 Å². The summed E-state index contributed by atoms with van der Waals surface area (Å²) in [5.74, 6) is 0.758. The molecule has 0 unspecified atom stereocenters. The largest absolute Gasteiger partial charge is 0.492 e. The normalized spacial score (nSPS) is 16.9. The van der Waals surface area contributed by atoms with Crippen LogP contribution >= 0.6 is 0 Å². The Morgan fingerprint density at radius 3 is 2.70 bits per heavy atom. The summed E-state index contributed by atoms with van der Waals surface area (Å²) < 4.78 is 5.60. The first-order valence-corrected chi connectivity index (χ1v) is 7.36. The highest BCUT2D eigenvalue weighted by molar-refractivity contribution is 5.97. The molecule has 1 fully saturated rings. The molecular weight excluding hydrogens is 252 g/mol. The van der Waals surface area contributed by atoms with Crippen LogP contribution in [0.1, 0.15) is 38.2 Å². The number of hydrogen-bond donors (Lipinski definition) is 2. The minimum absolute atomic E-state index is 0.0299. The summed E-state index contributed by atoms with van der Waals surface area (Å²) in [4.78, 5) is 12.6. The number of rotatable bonds is 5. The third kappa shape index (κ3) is 2.96. The maximum Gasteiger partial charge on any atom is 0.231 e. The molecule has 0 heterocycles. The van der Waals surface area contributed by atoms with Gasteiger partial charge < -0.3 is 15.8 Å². The monoisotopic (exact) mass is 276 g/mol. The Labute approximate surface area is 120 Å². The zero-order valence-corrected chi connectivity index (χ0v) is 12.4. The lowest BCUT2D eigenvalue weighted by atomic mass is 9.85. The number of carbonyl (C=O) groups excluding carboxylic acids is 1. The van der Waals surface area contributed by atoms with Gasteiger partial charge in [0.25, 0.3) is 0 Å². The highest BCUT2D eigenvalue weighted by atomic mass is 16.5. The first-order valence-electron chi connectivity index (χ1n) is 7.36. The summed E-state index contributed by atoms with van der Waals surface area (Å²) in [5.41, 5.74) is 7.31. The average molecular weight is 276 g/mol. The van der Waals surface area contributed by atoms with Gasteiger partial charge in [-0.05, 0) is 44.4 Å². The van der Waals surface area contributed by atoms with Gasteiger partial charge in [-0.2, -0.15) is 0 Å². The van der Waals surface area contributed by atoms with Crippen molar-refractivity contribution in [3.63, 3.8) is 0 Å². The summed E-state index contributed by atoms with van der Waals surface area (Å²) in [6.07, 6.45) is 3.92. The van der Waals surface area contributed by atoms with E-state index in [2.05, 4.69) is 5.32 Å². The predicted molar refractivity (Wildman–Crippen MR) is 80.9 cm³/mol. The number of ether oxygens (including phenoxy) is 1. The second-order valence-electron chi connectivity index (χ2n) is 5.58. The minimum atomic E-state index is -0.394. The van der Waals surface area contributed by atoms with Crippen molar-refractivity contribution in [1.82, 2.24) is 0 Å². The molecule has 1 aliphatic rings. The van der Waals surface area contributed by atoms with Gasteiger partial charge in [0.15, 0.2) is 0 Å². The highest BCUT2D eigenvalue weighted by Gasteiger charge is 2.40. The number of amides is 1. The van der Waals surface area contributed by atoms with Gasteiger partial charge in [0.05, 0.1) is 17.7 Å². The maximum atomic E-state index is 12.6. The van der Waals surface area contributed by atoms with Gasteiger partial charge in [0.2, 0.25) is 5.91 Å². The summed E-state index contributed by atoms with van der Waals surface area (Å²) in [6, 6.07) is 5.82. The van der Waals surface area contributed by atoms with Crippen LogP contribution in [0.15, 0.2) is 18.2 Å². The lowest BCUT2D eigenvalue weighted by Gasteiger charge is -2.26. The molecule has 0 aromatic heterocycles. The molecule has 4 nitrogen and oxygen atoms in total. The number of carbonyl (C=O) groups is 1. The molecule has 1 amide bonds. The van der Waals surface area contributed by atoms with E-state index in [1.54, 1.807) is 0 Å². The third-order valence-corrected chi connectivity index (χ3v) is 4.12. The van der Waals surface area contributed by atoms with Crippen molar-refractivity contribution >= 4 is 11.6 Å². The van der Waals surface area contributed by atoms with Crippen molar-refractivity contribution < 1.29 is 9.53 Å². The molecule has 4 heteroatoms. The average Bonchev–Trinajstić information content (AvgIpc) is 2.92. The van der Waals surface area contributed by atoms with Crippen LogP contribution in [0, 0.1) is 12.3 Å². The van der Waals surface area contributed by atoms with Gasteiger partial charge in [-0.1, -0.05) is 18.9 Å². The fourth-order valence-corrected chi connectivity index (χ4v) is 2.84. The molecule has 0 saturated heterocycles. The van der Waals surface area contributed by atoms with E-state index in [0.29, 0.717) is 13.2 Å². The predicted octanol–water partition coefficient (Wildman–Crippen LogP) is 2.85. The molecule has 1 aromatic carbocycles. The van der Waals surface area contributed by atoms with Crippen molar-refractivity contribution in [2.45, 2.75) is 39.5 Å². The molecule has 0 spiro atoms. The van der Waals surface area contributed by atoms with Crippen molar-refractivity contribution in [2.24, 2.45) is 11.1 Å². The van der Waals surface area contributed by atoms with Gasteiger partial charge >= 0.3 is 0 Å². The van der Waals surface area contributed by atoms with Gasteiger partial charge in [0, 0.05) is 6.54 Å². The molecule has 0 bridgehead atoms. The smallest absolute Gasteiger partial charge is 0.231 e. The van der Waals surface area contributed by atoms with Crippen LogP contribution in [0.2, 0.25) is 0 Å². The quantitative estimate of drug-likeness (QED) is 0.869. The van der Waals surface area contributed by atoms with Crippen LogP contribution in [0.25, 0.3) is 0 Å². The molecular formula is C16H24N2O2. The molecule has 2 rings (SSSR count). The number of hydrogen-bond acceptors (Lipinski definition) is 3. The second kappa shape index (κ2) is 6.27. The molecule has 1 aromatic rings. The number of nitrogens with one attached hydrogen (secondary N) is 1. The molecule has 0 aliphatic heterocycles. The Kier molecular flexibility index (Phi) is 4.65. The fourth-order valence-electron chi connectivity index (χ4n) is 2.84. The Bertz CT molecular complexity index is 479. The van der Waals surface area contributed by atoms with Crippen molar-refractivity contribution in [3.05, 3.63) is 23.8 Å². The Morgan fingerprint density at radius 2 is 2.10 bits per heavy atom. The fraction of sp³-hybridized carbons (Fsp3) is 0.562. The second-order valence-corrected chi connectivity index (χ2v) is 5.58. The first kappa shape index (κ1) is 14.9. The van der Waals surface area contributed by atoms with Crippen LogP contribution in [0.3, 0.4) is 0 Å². The number of aryl methyl sites for hydroxylation is 1. The lowest BCUT2D eigenvalue weighted by Crippen LogP contribution is -2.40. The number of anilines is 1. The molecule has 1 aliphatic carbocycles. The van der Waals surface area contributed by atoms with Crippen molar-refractivity contribution in [3.8, 4) is 5.75 Å². The van der Waals surface area contributed by atoms with Crippen molar-refractivity contribution in [2.75, 3.05) is 18.5 Å². The van der Waals surface area contributed by atoms with Crippen LogP contribution in [0.5, 0.6) is 5.75 Å². The zero-order chi connectivity index (χ0) is 14.6. The summed E-state index contributed by atoms with van der Waals surface area (Å²) in [5, 5.41) is 3.01. The van der Waals surface area contributed by atoms with Crippen LogP contribution in [-0.2, 0) is 4.79 Å². The van der Waals surface area contributed by atoms with E-state index in [9.17, 15) is 4.79 Å². The zero-order valence-electron chi connectivity index (χ0n) is 12.4. The maximum absolute atomic E-state index is 12.6. The Hall–Kier alpha value is -1.55. The van der Waals surface area contributed by atoms with Gasteiger partial charge in [-0.25, -0.2) is 0 Å². The van der Waals surface area contributed by atoms with Crippen LogP contribution in [0.4, 0.5) is 5.69 Å². The Balaban J connectivity index is 2.18. The van der Waals surface area contributed by atoms with Gasteiger partial charge in [-0.3, -0.25) is 4.79 Å². The molecule has 110 valence electrons. The van der Waals surface area contributed by atoms with E-state index < -0.39 is 5.41 Å². The van der Waals surface area contributed by atoms with E-state index in [4.69, 9.17) is 10.5 Å². The molecule has 0 atom stereocenters. The Morgan fingerprint density at radius 1 is 1.40 bits per heavy atom. The van der Waals surface area contributed by atoms with Gasteiger partial charge in [-0.15, -0.1) is 0 Å². The van der Waals surface area contributed by atoms with E-state index in [-0.39, 0.29) is 5.91 Å². The summed E-state index contributed by atoms with van der Waals surface area (Å²) in [7, 11) is 0. The van der Waals surface area contributed by atoms with Gasteiger partial charge in [0.1, 0.15) is 5.75 Å². The number of benzene rings is 1. The molecule has 1 saturated carbocycles. The van der Waals surface area contributed by atoms with E-state index in [1.165, 1.54) is 0 Å². The van der Waals surface area contributed by atoms with Crippen LogP contribution in [-0.4, -0.2) is 19.1 Å². The van der Waals surface area contributed by atoms with Crippen molar-refractivity contribution in [1.29, 1.82) is 0 Å². The topological polar surface area (TPSA) is 64.3 Å². The van der Waals surface area contributed by atoms with E-state index in [1.807, 2.05) is 32.0 Å².